The Morgan fingerprint density at radius 3 is 2.21 bits per heavy atom. The maximum absolute atomic E-state index is 14.2. The Morgan fingerprint density at radius 1 is 0.974 bits per heavy atom. The van der Waals surface area contributed by atoms with Crippen molar-refractivity contribution >= 4 is 9.84 Å². The van der Waals surface area contributed by atoms with Crippen LogP contribution in [0.5, 0.6) is 17.4 Å². The van der Waals surface area contributed by atoms with Crippen LogP contribution in [0.25, 0.3) is 16.8 Å². The van der Waals surface area contributed by atoms with Gasteiger partial charge in [-0.15, -0.1) is 0 Å². The molecule has 1 heterocycles. The van der Waals surface area contributed by atoms with Gasteiger partial charge in [0.05, 0.1) is 19.1 Å². The van der Waals surface area contributed by atoms with Crippen LogP contribution in [0, 0.1) is 11.6 Å². The van der Waals surface area contributed by atoms with Gasteiger partial charge in [0.2, 0.25) is 15.7 Å². The van der Waals surface area contributed by atoms with E-state index in [0.29, 0.717) is 6.42 Å². The number of sulfone groups is 1. The summed E-state index contributed by atoms with van der Waals surface area (Å²) in [5.41, 5.74) is -0.801. The number of para-hydroxylation sites is 1. The van der Waals surface area contributed by atoms with E-state index in [1.807, 2.05) is 6.92 Å². The zero-order chi connectivity index (χ0) is 28.3. The zero-order valence-corrected chi connectivity index (χ0v) is 22.3. The smallest absolute Gasteiger partial charge is 0.296 e. The van der Waals surface area contributed by atoms with Gasteiger partial charge in [-0.25, -0.2) is 17.2 Å². The summed E-state index contributed by atoms with van der Waals surface area (Å²) in [4.78, 5) is 15.8. The fourth-order valence-corrected chi connectivity index (χ4v) is 5.55. The van der Waals surface area contributed by atoms with E-state index in [-0.39, 0.29) is 45.5 Å². The van der Waals surface area contributed by atoms with Crippen LogP contribution in [0.1, 0.15) is 25.6 Å². The summed E-state index contributed by atoms with van der Waals surface area (Å²) in [6, 6.07) is 12.6. The van der Waals surface area contributed by atoms with Crippen molar-refractivity contribution in [1.82, 2.24) is 9.55 Å². The molecular formula is C28H26F2N2O6S. The first-order valence-electron chi connectivity index (χ1n) is 12.0. The number of nitrogens with zero attached hydrogens (tertiary/aromatic N) is 2. The number of aryl methyl sites for hydroxylation is 1. The second-order valence-corrected chi connectivity index (χ2v) is 10.5. The molecule has 0 radical (unpaired) electrons. The fourth-order valence-electron chi connectivity index (χ4n) is 4.21. The van der Waals surface area contributed by atoms with E-state index >= 15 is 0 Å². The molecule has 1 aromatic heterocycles. The molecule has 0 atom stereocenters. The number of ether oxygens (including phenoxy) is 2. The van der Waals surface area contributed by atoms with Crippen molar-refractivity contribution in [2.45, 2.75) is 36.0 Å². The molecule has 3 aromatic carbocycles. The predicted octanol–water partition coefficient (Wildman–Crippen LogP) is 5.08. The number of methoxy groups -OCH3 is 2. The summed E-state index contributed by atoms with van der Waals surface area (Å²) in [6.45, 7) is 1.93. The van der Waals surface area contributed by atoms with Crippen molar-refractivity contribution in [2.24, 2.45) is 0 Å². The third-order valence-corrected chi connectivity index (χ3v) is 7.94. The third-order valence-electron chi connectivity index (χ3n) is 6.15. The quantitative estimate of drug-likeness (QED) is 0.307. The number of rotatable bonds is 9. The summed E-state index contributed by atoms with van der Waals surface area (Å²) in [7, 11) is -1.82. The van der Waals surface area contributed by atoms with Crippen LogP contribution in [0.4, 0.5) is 8.78 Å². The molecule has 0 unspecified atom stereocenters. The van der Waals surface area contributed by atoms with Gasteiger partial charge in [0.25, 0.3) is 5.56 Å². The molecule has 11 heteroatoms. The molecule has 39 heavy (non-hydrogen) atoms. The molecule has 0 spiro atoms. The first kappa shape index (κ1) is 27.8. The fraction of sp³-hybridized carbons (Fsp3) is 0.214. The van der Waals surface area contributed by atoms with Crippen LogP contribution < -0.4 is 15.0 Å². The van der Waals surface area contributed by atoms with Gasteiger partial charge < -0.3 is 14.6 Å². The molecule has 0 saturated carbocycles. The number of aromatic nitrogens is 2. The van der Waals surface area contributed by atoms with Gasteiger partial charge in [0.1, 0.15) is 34.6 Å². The van der Waals surface area contributed by atoms with E-state index in [2.05, 4.69) is 4.98 Å². The van der Waals surface area contributed by atoms with Crippen LogP contribution >= 0.6 is 0 Å². The van der Waals surface area contributed by atoms with E-state index < -0.39 is 37.8 Å². The van der Waals surface area contributed by atoms with E-state index in [9.17, 15) is 27.1 Å². The summed E-state index contributed by atoms with van der Waals surface area (Å²) >= 11 is 0. The van der Waals surface area contributed by atoms with E-state index in [1.54, 1.807) is 18.2 Å². The topological polar surface area (TPSA) is 108 Å². The molecule has 0 aliphatic carbocycles. The third kappa shape index (κ3) is 5.22. The predicted molar refractivity (Wildman–Crippen MR) is 140 cm³/mol. The van der Waals surface area contributed by atoms with Gasteiger partial charge in [0.15, 0.2) is 4.90 Å². The molecule has 0 bridgehead atoms. The molecule has 0 aliphatic heterocycles. The average Bonchev–Trinajstić information content (AvgIpc) is 2.92. The average molecular weight is 557 g/mol. The SMILES string of the molecule is CCCCc1nc(=O)c(S(=O)(=O)c2ccc(-c3cc(F)ccc3F)cc2)c(O)n1-c1c(OC)cccc1OC. The first-order chi connectivity index (χ1) is 18.6. The minimum Gasteiger partial charge on any atom is -0.494 e. The van der Waals surface area contributed by atoms with Crippen LogP contribution in [-0.2, 0) is 16.3 Å². The van der Waals surface area contributed by atoms with Gasteiger partial charge in [0, 0.05) is 12.0 Å². The summed E-state index contributed by atoms with van der Waals surface area (Å²) in [5, 5.41) is 11.4. The molecule has 1 N–H and O–H groups in total. The summed E-state index contributed by atoms with van der Waals surface area (Å²) in [6.07, 6.45) is 1.61. The Kier molecular flexibility index (Phi) is 8.01. The first-order valence-corrected chi connectivity index (χ1v) is 13.5. The van der Waals surface area contributed by atoms with Crippen molar-refractivity contribution in [2.75, 3.05) is 14.2 Å². The highest BCUT2D eigenvalue weighted by Gasteiger charge is 2.31. The number of benzene rings is 3. The highest BCUT2D eigenvalue weighted by atomic mass is 32.2. The number of aromatic hydroxyl groups is 1. The van der Waals surface area contributed by atoms with Crippen LogP contribution in [0.2, 0.25) is 0 Å². The Bertz CT molecular complexity index is 1660. The van der Waals surface area contributed by atoms with Crippen molar-refractivity contribution in [3.63, 3.8) is 0 Å². The van der Waals surface area contributed by atoms with Gasteiger partial charge in [-0.2, -0.15) is 4.98 Å². The van der Waals surface area contributed by atoms with E-state index in [1.165, 1.54) is 26.4 Å². The lowest BCUT2D eigenvalue weighted by atomic mass is 10.1. The highest BCUT2D eigenvalue weighted by Crippen LogP contribution is 2.38. The minimum absolute atomic E-state index is 0.0608. The lowest BCUT2D eigenvalue weighted by molar-refractivity contribution is 0.374. The molecule has 4 aromatic rings. The van der Waals surface area contributed by atoms with Gasteiger partial charge in [-0.3, -0.25) is 9.36 Å². The lowest BCUT2D eigenvalue weighted by Gasteiger charge is -2.21. The van der Waals surface area contributed by atoms with Crippen molar-refractivity contribution in [3.8, 4) is 34.2 Å². The van der Waals surface area contributed by atoms with Gasteiger partial charge in [-0.05, 0) is 54.4 Å². The largest absolute Gasteiger partial charge is 0.494 e. The number of halogens is 2. The van der Waals surface area contributed by atoms with Crippen LogP contribution in [0.3, 0.4) is 0 Å². The van der Waals surface area contributed by atoms with Crippen LogP contribution in [0.15, 0.2) is 75.2 Å². The van der Waals surface area contributed by atoms with E-state index in [4.69, 9.17) is 9.47 Å². The molecule has 4 rings (SSSR count). The molecular weight excluding hydrogens is 530 g/mol. The number of hydrogen-bond acceptors (Lipinski definition) is 7. The summed E-state index contributed by atoms with van der Waals surface area (Å²) in [5.74, 6) is -1.59. The summed E-state index contributed by atoms with van der Waals surface area (Å²) < 4.78 is 67.2. The maximum atomic E-state index is 14.2. The van der Waals surface area contributed by atoms with Crippen molar-refractivity contribution < 1.29 is 31.8 Å². The second kappa shape index (κ2) is 11.2. The zero-order valence-electron chi connectivity index (χ0n) is 21.4. The van der Waals surface area contributed by atoms with Crippen LogP contribution in [-0.4, -0.2) is 37.3 Å². The molecule has 0 fully saturated rings. The lowest BCUT2D eigenvalue weighted by Crippen LogP contribution is -2.25. The standard InChI is InChI=1S/C28H26F2N2O6S/c1-4-5-9-24-31-27(33)26(28(34)32(24)25-22(37-2)7-6-8-23(25)38-3)39(35,36)19-13-10-17(11-14-19)20-16-18(29)12-15-21(20)30/h6-8,10-16,34H,4-5,9H2,1-3H3. The van der Waals surface area contributed by atoms with Gasteiger partial charge in [-0.1, -0.05) is 31.5 Å². The molecule has 8 nitrogen and oxygen atoms in total. The Morgan fingerprint density at radius 2 is 1.62 bits per heavy atom. The molecule has 204 valence electrons. The monoisotopic (exact) mass is 556 g/mol. The van der Waals surface area contributed by atoms with Crippen molar-refractivity contribution in [3.05, 3.63) is 88.5 Å². The number of unbranched alkanes of at least 4 members (excludes halogenated alkanes) is 1. The Hall–Kier alpha value is -4.25. The second-order valence-electron chi connectivity index (χ2n) is 8.59. The van der Waals surface area contributed by atoms with E-state index in [0.717, 1.165) is 41.3 Å². The van der Waals surface area contributed by atoms with Crippen molar-refractivity contribution in [1.29, 1.82) is 0 Å². The molecule has 0 amide bonds. The highest BCUT2D eigenvalue weighted by molar-refractivity contribution is 7.91. The molecule has 0 saturated heterocycles. The Labute approximate surface area is 224 Å². The molecule has 0 aliphatic rings. The Balaban J connectivity index is 1.93. The normalized spacial score (nSPS) is 11.4. The maximum Gasteiger partial charge on any atom is 0.296 e. The van der Waals surface area contributed by atoms with Gasteiger partial charge >= 0.3 is 0 Å². The number of hydrogen-bond donors (Lipinski definition) is 1. The minimum atomic E-state index is -4.62.